The van der Waals surface area contributed by atoms with Gasteiger partial charge in [0.15, 0.2) is 6.29 Å². The number of methoxy groups -OCH3 is 1. The van der Waals surface area contributed by atoms with Crippen molar-refractivity contribution < 1.29 is 14.3 Å². The summed E-state index contributed by atoms with van der Waals surface area (Å²) in [7, 11) is 1.62. The minimum absolute atomic E-state index is 0.612. The van der Waals surface area contributed by atoms with Crippen LogP contribution in [0.4, 0.5) is 0 Å². The van der Waals surface area contributed by atoms with Crippen molar-refractivity contribution in [3.05, 3.63) is 72.6 Å². The van der Waals surface area contributed by atoms with Gasteiger partial charge in [0.1, 0.15) is 17.2 Å². The highest BCUT2D eigenvalue weighted by Gasteiger charge is 2.03. The molecule has 0 amide bonds. The lowest BCUT2D eigenvalue weighted by Crippen LogP contribution is -1.97. The van der Waals surface area contributed by atoms with Crippen molar-refractivity contribution in [3.63, 3.8) is 0 Å². The van der Waals surface area contributed by atoms with Gasteiger partial charge >= 0.3 is 0 Å². The van der Waals surface area contributed by atoms with Gasteiger partial charge in [-0.05, 0) is 48.5 Å². The van der Waals surface area contributed by atoms with E-state index in [1.165, 1.54) is 0 Å². The number of aromatic nitrogens is 1. The van der Waals surface area contributed by atoms with Crippen LogP contribution < -0.4 is 9.47 Å². The number of rotatable bonds is 5. The lowest BCUT2D eigenvalue weighted by molar-refractivity contribution is 0.111. The molecule has 0 fully saturated rings. The topological polar surface area (TPSA) is 40.5 Å². The number of hydrogen-bond donors (Lipinski definition) is 0. The molecule has 0 saturated heterocycles. The molecule has 0 aliphatic carbocycles. The first-order chi connectivity index (χ1) is 10.8. The molecular weight excluding hydrogens is 278 g/mol. The summed E-state index contributed by atoms with van der Waals surface area (Å²) in [5.74, 6) is 2.18. The minimum atomic E-state index is 0.612. The third-order valence-electron chi connectivity index (χ3n) is 3.29. The van der Waals surface area contributed by atoms with E-state index in [2.05, 4.69) is 0 Å². The molecule has 0 unspecified atom stereocenters. The van der Waals surface area contributed by atoms with Crippen LogP contribution in [0.2, 0.25) is 0 Å². The molecule has 0 aliphatic heterocycles. The third-order valence-corrected chi connectivity index (χ3v) is 3.29. The van der Waals surface area contributed by atoms with Gasteiger partial charge in [-0.15, -0.1) is 0 Å². The van der Waals surface area contributed by atoms with Crippen molar-refractivity contribution >= 4 is 6.29 Å². The number of ether oxygens (including phenoxy) is 2. The van der Waals surface area contributed by atoms with Gasteiger partial charge in [0.2, 0.25) is 0 Å². The molecule has 3 aromatic rings. The molecule has 0 saturated carbocycles. The standard InChI is InChI=1S/C18H15NO3/c1-21-17-5-2-6-18(12-17)22-16-9-7-14(8-10-16)19-11-3-4-15(19)13-20/h2-13H,1H3. The number of nitrogens with zero attached hydrogens (tertiary/aromatic N) is 1. The second-order valence-electron chi connectivity index (χ2n) is 4.70. The molecule has 1 heterocycles. The molecule has 3 rings (SSSR count). The Kier molecular flexibility index (Phi) is 3.92. The molecule has 0 N–H and O–H groups in total. The van der Waals surface area contributed by atoms with E-state index < -0.39 is 0 Å². The van der Waals surface area contributed by atoms with Crippen LogP contribution in [0.25, 0.3) is 5.69 Å². The van der Waals surface area contributed by atoms with Crippen LogP contribution in [0.3, 0.4) is 0 Å². The molecule has 2 aromatic carbocycles. The fraction of sp³-hybridized carbons (Fsp3) is 0.0556. The number of carbonyl (C=O) groups excluding carboxylic acids is 1. The zero-order valence-corrected chi connectivity index (χ0v) is 12.1. The van der Waals surface area contributed by atoms with Crippen molar-refractivity contribution in [3.8, 4) is 22.9 Å². The van der Waals surface area contributed by atoms with Gasteiger partial charge in [-0.3, -0.25) is 4.79 Å². The fourth-order valence-corrected chi connectivity index (χ4v) is 2.20. The van der Waals surface area contributed by atoms with Gasteiger partial charge < -0.3 is 14.0 Å². The molecule has 22 heavy (non-hydrogen) atoms. The Balaban J connectivity index is 1.81. The van der Waals surface area contributed by atoms with E-state index in [0.29, 0.717) is 11.4 Å². The van der Waals surface area contributed by atoms with Crippen LogP contribution in [0.15, 0.2) is 66.9 Å². The fourth-order valence-electron chi connectivity index (χ4n) is 2.20. The normalized spacial score (nSPS) is 10.2. The maximum absolute atomic E-state index is 11.0. The number of hydrogen-bond acceptors (Lipinski definition) is 3. The molecule has 4 heteroatoms. The minimum Gasteiger partial charge on any atom is -0.497 e. The predicted molar refractivity (Wildman–Crippen MR) is 84.2 cm³/mol. The average Bonchev–Trinajstić information content (AvgIpc) is 3.04. The van der Waals surface area contributed by atoms with Crippen molar-refractivity contribution in [2.75, 3.05) is 7.11 Å². The van der Waals surface area contributed by atoms with Crippen LogP contribution >= 0.6 is 0 Å². The monoisotopic (exact) mass is 293 g/mol. The summed E-state index contributed by atoms with van der Waals surface area (Å²) in [4.78, 5) is 11.0. The van der Waals surface area contributed by atoms with Crippen LogP contribution in [-0.2, 0) is 0 Å². The van der Waals surface area contributed by atoms with E-state index in [0.717, 1.165) is 23.5 Å². The number of aldehydes is 1. The second-order valence-corrected chi connectivity index (χ2v) is 4.70. The zero-order valence-electron chi connectivity index (χ0n) is 12.1. The highest BCUT2D eigenvalue weighted by Crippen LogP contribution is 2.26. The van der Waals surface area contributed by atoms with Gasteiger partial charge in [-0.1, -0.05) is 6.07 Å². The van der Waals surface area contributed by atoms with Crippen LogP contribution in [0, 0.1) is 0 Å². The Labute approximate surface area is 128 Å². The molecule has 0 atom stereocenters. The molecule has 1 aromatic heterocycles. The smallest absolute Gasteiger partial charge is 0.166 e. The summed E-state index contributed by atoms with van der Waals surface area (Å²) in [5, 5.41) is 0. The van der Waals surface area contributed by atoms with Crippen molar-refractivity contribution in [1.82, 2.24) is 4.57 Å². The highest BCUT2D eigenvalue weighted by atomic mass is 16.5. The van der Waals surface area contributed by atoms with E-state index in [9.17, 15) is 4.79 Å². The molecular formula is C18H15NO3. The first-order valence-corrected chi connectivity index (χ1v) is 6.85. The zero-order chi connectivity index (χ0) is 15.4. The van der Waals surface area contributed by atoms with Crippen molar-refractivity contribution in [1.29, 1.82) is 0 Å². The number of carbonyl (C=O) groups is 1. The van der Waals surface area contributed by atoms with Gasteiger partial charge in [0, 0.05) is 18.0 Å². The second kappa shape index (κ2) is 6.18. The molecule has 0 radical (unpaired) electrons. The molecule has 4 nitrogen and oxygen atoms in total. The summed E-state index contributed by atoms with van der Waals surface area (Å²) in [6.07, 6.45) is 2.68. The summed E-state index contributed by atoms with van der Waals surface area (Å²) in [6.45, 7) is 0. The lowest BCUT2D eigenvalue weighted by Gasteiger charge is -2.09. The lowest BCUT2D eigenvalue weighted by atomic mass is 10.3. The van der Waals surface area contributed by atoms with E-state index in [4.69, 9.17) is 9.47 Å². The van der Waals surface area contributed by atoms with E-state index >= 15 is 0 Å². The average molecular weight is 293 g/mol. The Morgan fingerprint density at radius 2 is 1.68 bits per heavy atom. The quantitative estimate of drug-likeness (QED) is 0.665. The predicted octanol–water partition coefficient (Wildman–Crippen LogP) is 4.09. The first kappa shape index (κ1) is 13.9. The van der Waals surface area contributed by atoms with Crippen molar-refractivity contribution in [2.45, 2.75) is 0 Å². The SMILES string of the molecule is COc1cccc(Oc2ccc(-n3cccc3C=O)cc2)c1. The van der Waals surface area contributed by atoms with Gasteiger partial charge in [0.25, 0.3) is 0 Å². The maximum atomic E-state index is 11.0. The van der Waals surface area contributed by atoms with E-state index in [1.807, 2.05) is 65.4 Å². The van der Waals surface area contributed by atoms with Gasteiger partial charge in [-0.2, -0.15) is 0 Å². The summed E-state index contributed by atoms with van der Waals surface area (Å²) in [5.41, 5.74) is 1.52. The Morgan fingerprint density at radius 3 is 2.41 bits per heavy atom. The van der Waals surface area contributed by atoms with E-state index in [-0.39, 0.29) is 0 Å². The Hall–Kier alpha value is -3.01. The highest BCUT2D eigenvalue weighted by molar-refractivity contribution is 5.73. The van der Waals surface area contributed by atoms with Crippen LogP contribution in [0.5, 0.6) is 17.2 Å². The number of benzene rings is 2. The summed E-state index contributed by atoms with van der Waals surface area (Å²) < 4.78 is 12.8. The Morgan fingerprint density at radius 1 is 0.909 bits per heavy atom. The first-order valence-electron chi connectivity index (χ1n) is 6.85. The van der Waals surface area contributed by atoms with E-state index in [1.54, 1.807) is 13.2 Å². The maximum Gasteiger partial charge on any atom is 0.166 e. The molecule has 110 valence electrons. The molecule has 0 spiro atoms. The molecule has 0 aliphatic rings. The van der Waals surface area contributed by atoms with Gasteiger partial charge in [-0.25, -0.2) is 0 Å². The summed E-state index contributed by atoms with van der Waals surface area (Å²) in [6, 6.07) is 18.6. The largest absolute Gasteiger partial charge is 0.497 e. The van der Waals surface area contributed by atoms with Crippen LogP contribution in [0.1, 0.15) is 10.5 Å². The van der Waals surface area contributed by atoms with Gasteiger partial charge in [0.05, 0.1) is 12.8 Å². The van der Waals surface area contributed by atoms with Crippen molar-refractivity contribution in [2.24, 2.45) is 0 Å². The van der Waals surface area contributed by atoms with Crippen LogP contribution in [-0.4, -0.2) is 18.0 Å². The third kappa shape index (κ3) is 2.86. The Bertz CT molecular complexity index is 775. The molecule has 0 bridgehead atoms. The summed E-state index contributed by atoms with van der Waals surface area (Å²) >= 11 is 0.